The van der Waals surface area contributed by atoms with Crippen molar-refractivity contribution in [2.75, 3.05) is 6.61 Å². The zero-order chi connectivity index (χ0) is 21.4. The largest absolute Gasteiger partial charge is 0.463 e. The minimum atomic E-state index is -0.659. The number of ether oxygens (including phenoxy) is 1. The lowest BCUT2D eigenvalue weighted by atomic mass is 10.0. The summed E-state index contributed by atoms with van der Waals surface area (Å²) in [5, 5.41) is 12.7. The van der Waals surface area contributed by atoms with Crippen LogP contribution in [-0.2, 0) is 9.53 Å². The summed E-state index contributed by atoms with van der Waals surface area (Å²) in [5.74, 6) is -0.750. The smallest absolute Gasteiger partial charge is 0.433 e. The van der Waals surface area contributed by atoms with Gasteiger partial charge in [-0.3, -0.25) is 19.5 Å². The van der Waals surface area contributed by atoms with E-state index in [-0.39, 0.29) is 22.5 Å². The number of hydrogen-bond donors (Lipinski definition) is 0. The Morgan fingerprint density at radius 1 is 1.43 bits per heavy atom. The van der Waals surface area contributed by atoms with Crippen molar-refractivity contribution in [1.82, 2.24) is 4.57 Å². The Hall–Kier alpha value is -3.31. The molecule has 4 rings (SSSR count). The standard InChI is InChI=1S/C19H15N3O6S2/c1-3-27-18(24)15-10(2)20-19-21(16(15)12-5-4-8-29-12)17(23)13(30-19)9-11-6-7-14(28-11)22(25)26/h4-9,16H,3H2,1-2H3/b13-9-/t16-/m1/s1. The van der Waals surface area contributed by atoms with Crippen molar-refractivity contribution in [3.8, 4) is 0 Å². The fourth-order valence-electron chi connectivity index (χ4n) is 3.15. The number of allylic oxidation sites excluding steroid dienone is 1. The van der Waals surface area contributed by atoms with Crippen molar-refractivity contribution in [3.63, 3.8) is 0 Å². The molecule has 11 heteroatoms. The van der Waals surface area contributed by atoms with Gasteiger partial charge in [0.05, 0.1) is 28.5 Å². The van der Waals surface area contributed by atoms with E-state index >= 15 is 0 Å². The summed E-state index contributed by atoms with van der Waals surface area (Å²) in [5.41, 5.74) is 0.422. The van der Waals surface area contributed by atoms with Gasteiger partial charge in [-0.05, 0) is 31.4 Å². The first-order chi connectivity index (χ1) is 14.4. The summed E-state index contributed by atoms with van der Waals surface area (Å²) in [7, 11) is 0. The van der Waals surface area contributed by atoms with E-state index in [1.54, 1.807) is 13.8 Å². The number of thiazole rings is 1. The number of rotatable bonds is 5. The maximum Gasteiger partial charge on any atom is 0.433 e. The van der Waals surface area contributed by atoms with Crippen LogP contribution >= 0.6 is 22.7 Å². The molecule has 0 bridgehead atoms. The second kappa shape index (κ2) is 7.84. The summed E-state index contributed by atoms with van der Waals surface area (Å²) in [6.45, 7) is 3.63. The van der Waals surface area contributed by atoms with Crippen molar-refractivity contribution in [2.24, 2.45) is 4.99 Å². The molecule has 0 spiro atoms. The maximum atomic E-state index is 13.2. The second-order valence-corrected chi connectivity index (χ2v) is 8.24. The Morgan fingerprint density at radius 2 is 2.23 bits per heavy atom. The number of furan rings is 1. The van der Waals surface area contributed by atoms with Crippen molar-refractivity contribution < 1.29 is 18.9 Å². The van der Waals surface area contributed by atoms with Crippen LogP contribution in [0.15, 0.2) is 55.1 Å². The van der Waals surface area contributed by atoms with Crippen LogP contribution in [0.2, 0.25) is 0 Å². The number of carbonyl (C=O) groups excluding carboxylic acids is 1. The highest BCUT2D eigenvalue weighted by Gasteiger charge is 2.33. The molecule has 4 heterocycles. The van der Waals surface area contributed by atoms with Gasteiger partial charge < -0.3 is 9.15 Å². The topological polar surface area (TPSA) is 117 Å². The fourth-order valence-corrected chi connectivity index (χ4v) is 5.00. The lowest BCUT2D eigenvalue weighted by Crippen LogP contribution is -2.39. The van der Waals surface area contributed by atoms with Crippen LogP contribution in [0.4, 0.5) is 5.88 Å². The van der Waals surface area contributed by atoms with E-state index in [0.29, 0.717) is 16.1 Å². The van der Waals surface area contributed by atoms with Gasteiger partial charge >= 0.3 is 11.9 Å². The molecule has 9 nitrogen and oxygen atoms in total. The van der Waals surface area contributed by atoms with Crippen LogP contribution in [0.1, 0.15) is 30.5 Å². The molecule has 0 N–H and O–H groups in total. The number of nitro groups is 1. The quantitative estimate of drug-likeness (QED) is 0.338. The molecule has 0 radical (unpaired) electrons. The van der Waals surface area contributed by atoms with Crippen LogP contribution in [0.3, 0.4) is 0 Å². The average molecular weight is 445 g/mol. The molecule has 0 saturated heterocycles. The van der Waals surface area contributed by atoms with E-state index in [4.69, 9.17) is 9.15 Å². The summed E-state index contributed by atoms with van der Waals surface area (Å²) in [6.07, 6.45) is 1.44. The van der Waals surface area contributed by atoms with Crippen LogP contribution in [0.5, 0.6) is 0 Å². The Balaban J connectivity index is 1.91. The number of fused-ring (bicyclic) bond motifs is 1. The first kappa shape index (κ1) is 20.0. The lowest BCUT2D eigenvalue weighted by Gasteiger charge is -2.23. The second-order valence-electron chi connectivity index (χ2n) is 6.25. The van der Waals surface area contributed by atoms with Gasteiger partial charge in [0.1, 0.15) is 16.7 Å². The number of hydrogen-bond acceptors (Lipinski definition) is 9. The molecule has 30 heavy (non-hydrogen) atoms. The summed E-state index contributed by atoms with van der Waals surface area (Å²) >= 11 is 2.54. The zero-order valence-electron chi connectivity index (χ0n) is 15.9. The molecule has 0 fully saturated rings. The summed E-state index contributed by atoms with van der Waals surface area (Å²) in [4.78, 5) is 41.8. The molecule has 1 atom stereocenters. The Kier molecular flexibility index (Phi) is 5.22. The van der Waals surface area contributed by atoms with Gasteiger partial charge in [0.15, 0.2) is 4.80 Å². The van der Waals surface area contributed by atoms with E-state index < -0.39 is 22.8 Å². The number of thiophene rings is 1. The Labute approximate surface area is 177 Å². The monoisotopic (exact) mass is 445 g/mol. The molecule has 0 amide bonds. The number of carbonyl (C=O) groups is 1. The molecule has 0 aromatic carbocycles. The van der Waals surface area contributed by atoms with E-state index in [1.165, 1.54) is 34.1 Å². The molecule has 3 aromatic heterocycles. The normalized spacial score (nSPS) is 16.3. The van der Waals surface area contributed by atoms with Crippen molar-refractivity contribution in [2.45, 2.75) is 19.9 Å². The molecule has 0 aliphatic carbocycles. The predicted octanol–water partition coefficient (Wildman–Crippen LogP) is 2.36. The summed E-state index contributed by atoms with van der Waals surface area (Å²) < 4.78 is 12.1. The summed E-state index contributed by atoms with van der Waals surface area (Å²) in [6, 6.07) is 5.67. The minimum Gasteiger partial charge on any atom is -0.463 e. The van der Waals surface area contributed by atoms with Crippen molar-refractivity contribution in [1.29, 1.82) is 0 Å². The fraction of sp³-hybridized carbons (Fsp3) is 0.211. The minimum absolute atomic E-state index is 0.181. The van der Waals surface area contributed by atoms with Gasteiger partial charge in [-0.25, -0.2) is 9.79 Å². The highest BCUT2D eigenvalue weighted by Crippen LogP contribution is 2.33. The number of aromatic nitrogens is 1. The van der Waals surface area contributed by atoms with E-state index in [9.17, 15) is 19.7 Å². The van der Waals surface area contributed by atoms with E-state index in [1.807, 2.05) is 17.5 Å². The van der Waals surface area contributed by atoms with Crippen molar-refractivity contribution >= 4 is 40.6 Å². The molecule has 0 saturated carbocycles. The highest BCUT2D eigenvalue weighted by atomic mass is 32.1. The van der Waals surface area contributed by atoms with Gasteiger partial charge in [0, 0.05) is 11.0 Å². The SMILES string of the molecule is CCOC(=O)C1=C(C)N=c2s/c(=C\c3ccc([N+](=O)[O-])o3)c(=O)n2[C@@H]1c1cccs1. The molecule has 0 unspecified atom stereocenters. The third kappa shape index (κ3) is 3.42. The van der Waals surface area contributed by atoms with Crippen molar-refractivity contribution in [3.05, 3.63) is 81.4 Å². The molecular weight excluding hydrogens is 430 g/mol. The highest BCUT2D eigenvalue weighted by molar-refractivity contribution is 7.10. The van der Waals surface area contributed by atoms with Gasteiger partial charge in [0.25, 0.3) is 5.56 Å². The van der Waals surface area contributed by atoms with E-state index in [2.05, 4.69) is 4.99 Å². The Morgan fingerprint density at radius 3 is 2.87 bits per heavy atom. The zero-order valence-corrected chi connectivity index (χ0v) is 17.5. The molecule has 154 valence electrons. The Bertz CT molecular complexity index is 1340. The molecule has 1 aliphatic heterocycles. The van der Waals surface area contributed by atoms with Crippen LogP contribution in [0, 0.1) is 10.1 Å². The number of esters is 1. The first-order valence-electron chi connectivity index (χ1n) is 8.88. The first-order valence-corrected chi connectivity index (χ1v) is 10.6. The van der Waals surface area contributed by atoms with E-state index in [0.717, 1.165) is 16.2 Å². The van der Waals surface area contributed by atoms with Crippen LogP contribution in [-0.4, -0.2) is 22.1 Å². The van der Waals surface area contributed by atoms with Crippen LogP contribution in [0.25, 0.3) is 6.08 Å². The number of nitrogens with zero attached hydrogens (tertiary/aromatic N) is 3. The van der Waals surface area contributed by atoms with Gasteiger partial charge in [0.2, 0.25) is 0 Å². The molecule has 3 aromatic rings. The van der Waals surface area contributed by atoms with Gasteiger partial charge in [-0.15, -0.1) is 11.3 Å². The van der Waals surface area contributed by atoms with Gasteiger partial charge in [-0.2, -0.15) is 0 Å². The van der Waals surface area contributed by atoms with Crippen LogP contribution < -0.4 is 14.9 Å². The third-order valence-corrected chi connectivity index (χ3v) is 6.30. The predicted molar refractivity (Wildman–Crippen MR) is 110 cm³/mol. The lowest BCUT2D eigenvalue weighted by molar-refractivity contribution is -0.402. The van der Waals surface area contributed by atoms with Gasteiger partial charge in [-0.1, -0.05) is 17.4 Å². The molecular formula is C19H15N3O6S2. The molecule has 1 aliphatic rings. The third-order valence-electron chi connectivity index (χ3n) is 4.40. The average Bonchev–Trinajstić information content (AvgIpc) is 3.43. The maximum absolute atomic E-state index is 13.2.